The first kappa shape index (κ1) is 14.1. The van der Waals surface area contributed by atoms with Crippen molar-refractivity contribution in [3.63, 3.8) is 0 Å². The standard InChI is InChI=1S/C15H20N2O4/c18-14(19)10-6-7-17-11(8-10)12(15(20)21)16-13(17)9-4-2-1-3-5-9/h9-10H,1-8H2,(H,18,19)(H,20,21). The van der Waals surface area contributed by atoms with Gasteiger partial charge in [0.2, 0.25) is 0 Å². The number of aromatic carboxylic acids is 1. The highest BCUT2D eigenvalue weighted by molar-refractivity contribution is 5.87. The minimum Gasteiger partial charge on any atom is -0.481 e. The largest absolute Gasteiger partial charge is 0.481 e. The molecule has 6 nitrogen and oxygen atoms in total. The first-order chi connectivity index (χ1) is 10.1. The summed E-state index contributed by atoms with van der Waals surface area (Å²) in [5, 5.41) is 18.5. The van der Waals surface area contributed by atoms with E-state index in [1.807, 2.05) is 4.57 Å². The first-order valence-electron chi connectivity index (χ1n) is 7.63. The summed E-state index contributed by atoms with van der Waals surface area (Å²) in [7, 11) is 0. The van der Waals surface area contributed by atoms with Crippen molar-refractivity contribution < 1.29 is 19.8 Å². The molecule has 3 rings (SSSR count). The SMILES string of the molecule is O=C(O)c1nc(C2CCCCC2)n2c1CC(C(=O)O)CC2. The average molecular weight is 292 g/mol. The lowest BCUT2D eigenvalue weighted by Crippen LogP contribution is -2.27. The van der Waals surface area contributed by atoms with Crippen LogP contribution in [-0.4, -0.2) is 31.7 Å². The van der Waals surface area contributed by atoms with Crippen molar-refractivity contribution in [3.8, 4) is 0 Å². The van der Waals surface area contributed by atoms with Crippen molar-refractivity contribution in [3.05, 3.63) is 17.2 Å². The van der Waals surface area contributed by atoms with E-state index in [1.54, 1.807) is 0 Å². The Morgan fingerprint density at radius 2 is 1.81 bits per heavy atom. The molecule has 1 atom stereocenters. The van der Waals surface area contributed by atoms with E-state index in [4.69, 9.17) is 0 Å². The lowest BCUT2D eigenvalue weighted by atomic mass is 9.88. The molecule has 1 aliphatic heterocycles. The Bertz CT molecular complexity index is 572. The van der Waals surface area contributed by atoms with Crippen LogP contribution in [0.15, 0.2) is 0 Å². The Labute approximate surface area is 122 Å². The summed E-state index contributed by atoms with van der Waals surface area (Å²) in [6.07, 6.45) is 6.49. The third-order valence-electron chi connectivity index (χ3n) is 4.77. The third kappa shape index (κ3) is 2.54. The van der Waals surface area contributed by atoms with Crippen LogP contribution in [-0.2, 0) is 17.8 Å². The van der Waals surface area contributed by atoms with Gasteiger partial charge in [0.05, 0.1) is 11.6 Å². The Morgan fingerprint density at radius 3 is 2.43 bits per heavy atom. The average Bonchev–Trinajstić information content (AvgIpc) is 2.87. The molecule has 1 fully saturated rings. The summed E-state index contributed by atoms with van der Waals surface area (Å²) >= 11 is 0. The molecule has 1 aromatic heterocycles. The maximum absolute atomic E-state index is 11.4. The van der Waals surface area contributed by atoms with Gasteiger partial charge in [0.1, 0.15) is 5.82 Å². The Hall–Kier alpha value is -1.85. The summed E-state index contributed by atoms with van der Waals surface area (Å²) in [5.74, 6) is -1.20. The number of hydrogen-bond donors (Lipinski definition) is 2. The summed E-state index contributed by atoms with van der Waals surface area (Å²) in [5.41, 5.74) is 0.656. The smallest absolute Gasteiger partial charge is 0.356 e. The number of fused-ring (bicyclic) bond motifs is 1. The monoisotopic (exact) mass is 292 g/mol. The van der Waals surface area contributed by atoms with Crippen molar-refractivity contribution in [1.29, 1.82) is 0 Å². The van der Waals surface area contributed by atoms with Crippen LogP contribution in [0.2, 0.25) is 0 Å². The number of aliphatic carboxylic acids is 1. The second-order valence-corrected chi connectivity index (χ2v) is 6.08. The molecule has 2 N–H and O–H groups in total. The molecule has 1 aromatic rings. The fourth-order valence-corrected chi connectivity index (χ4v) is 3.64. The molecule has 0 radical (unpaired) electrons. The molecule has 0 saturated heterocycles. The predicted octanol–water partition coefficient (Wildman–Crippen LogP) is 2.28. The topological polar surface area (TPSA) is 92.4 Å². The van der Waals surface area contributed by atoms with Gasteiger partial charge in [-0.15, -0.1) is 0 Å². The van der Waals surface area contributed by atoms with Gasteiger partial charge in [0.15, 0.2) is 5.69 Å². The zero-order valence-electron chi connectivity index (χ0n) is 11.9. The van der Waals surface area contributed by atoms with E-state index >= 15 is 0 Å². The summed E-state index contributed by atoms with van der Waals surface area (Å²) in [6.45, 7) is 0.568. The molecule has 2 heterocycles. The van der Waals surface area contributed by atoms with Gasteiger partial charge < -0.3 is 14.8 Å². The second-order valence-electron chi connectivity index (χ2n) is 6.08. The van der Waals surface area contributed by atoms with Crippen LogP contribution in [0.1, 0.15) is 66.4 Å². The maximum Gasteiger partial charge on any atom is 0.356 e. The van der Waals surface area contributed by atoms with E-state index in [1.165, 1.54) is 6.42 Å². The zero-order chi connectivity index (χ0) is 15.0. The number of rotatable bonds is 3. The summed E-state index contributed by atoms with van der Waals surface area (Å²) in [4.78, 5) is 27.0. The van der Waals surface area contributed by atoms with E-state index < -0.39 is 17.9 Å². The van der Waals surface area contributed by atoms with Gasteiger partial charge in [0.25, 0.3) is 0 Å². The molecule has 1 saturated carbocycles. The fourth-order valence-electron chi connectivity index (χ4n) is 3.64. The van der Waals surface area contributed by atoms with Crippen molar-refractivity contribution in [1.82, 2.24) is 9.55 Å². The molecule has 21 heavy (non-hydrogen) atoms. The lowest BCUT2D eigenvalue weighted by Gasteiger charge is -2.26. The van der Waals surface area contributed by atoms with Crippen molar-refractivity contribution in [2.75, 3.05) is 0 Å². The Kier molecular flexibility index (Phi) is 3.69. The second kappa shape index (κ2) is 5.50. The number of hydrogen-bond acceptors (Lipinski definition) is 3. The van der Waals surface area contributed by atoms with E-state index in [0.29, 0.717) is 24.6 Å². The highest BCUT2D eigenvalue weighted by Gasteiger charge is 2.33. The molecule has 0 aromatic carbocycles. The molecular formula is C15H20N2O4. The molecule has 1 unspecified atom stereocenters. The number of carbonyl (C=O) groups is 2. The van der Waals surface area contributed by atoms with E-state index in [9.17, 15) is 19.8 Å². The van der Waals surface area contributed by atoms with Crippen LogP contribution < -0.4 is 0 Å². The van der Waals surface area contributed by atoms with Crippen LogP contribution in [0.25, 0.3) is 0 Å². The first-order valence-corrected chi connectivity index (χ1v) is 7.63. The number of imidazole rings is 1. The minimum atomic E-state index is -1.05. The number of carboxylic acids is 2. The van der Waals surface area contributed by atoms with Gasteiger partial charge in [-0.2, -0.15) is 0 Å². The predicted molar refractivity (Wildman–Crippen MR) is 74.5 cm³/mol. The Morgan fingerprint density at radius 1 is 1.10 bits per heavy atom. The molecule has 114 valence electrons. The van der Waals surface area contributed by atoms with Gasteiger partial charge >= 0.3 is 11.9 Å². The number of carboxylic acid groups (broad SMARTS) is 2. The summed E-state index contributed by atoms with van der Waals surface area (Å²) < 4.78 is 1.98. The zero-order valence-corrected chi connectivity index (χ0v) is 11.9. The van der Waals surface area contributed by atoms with Crippen molar-refractivity contribution >= 4 is 11.9 Å². The van der Waals surface area contributed by atoms with Gasteiger partial charge in [-0.3, -0.25) is 4.79 Å². The van der Waals surface area contributed by atoms with E-state index in [-0.39, 0.29) is 12.1 Å². The number of nitrogens with zero attached hydrogens (tertiary/aromatic N) is 2. The molecule has 0 bridgehead atoms. The van der Waals surface area contributed by atoms with Crippen LogP contribution in [0, 0.1) is 5.92 Å². The van der Waals surface area contributed by atoms with Crippen molar-refractivity contribution in [2.45, 2.75) is 57.4 Å². The number of aromatic nitrogens is 2. The van der Waals surface area contributed by atoms with Crippen LogP contribution in [0.4, 0.5) is 0 Å². The molecule has 2 aliphatic rings. The highest BCUT2D eigenvalue weighted by atomic mass is 16.4. The van der Waals surface area contributed by atoms with Gasteiger partial charge in [-0.25, -0.2) is 9.78 Å². The van der Waals surface area contributed by atoms with Gasteiger partial charge in [0, 0.05) is 18.9 Å². The maximum atomic E-state index is 11.4. The molecule has 0 amide bonds. The van der Waals surface area contributed by atoms with Gasteiger partial charge in [-0.1, -0.05) is 19.3 Å². The Balaban J connectivity index is 1.98. The lowest BCUT2D eigenvalue weighted by molar-refractivity contribution is -0.142. The van der Waals surface area contributed by atoms with Gasteiger partial charge in [-0.05, 0) is 19.3 Å². The van der Waals surface area contributed by atoms with E-state index in [0.717, 1.165) is 31.5 Å². The van der Waals surface area contributed by atoms with E-state index in [2.05, 4.69) is 4.98 Å². The molecular weight excluding hydrogens is 272 g/mol. The van der Waals surface area contributed by atoms with Crippen molar-refractivity contribution in [2.24, 2.45) is 5.92 Å². The highest BCUT2D eigenvalue weighted by Crippen LogP contribution is 2.35. The summed E-state index contributed by atoms with van der Waals surface area (Å²) in [6, 6.07) is 0. The fraction of sp³-hybridized carbons (Fsp3) is 0.667. The van der Waals surface area contributed by atoms with Crippen LogP contribution in [0.5, 0.6) is 0 Å². The quantitative estimate of drug-likeness (QED) is 0.891. The molecule has 6 heteroatoms. The molecule has 0 spiro atoms. The normalized spacial score (nSPS) is 22.8. The molecule has 1 aliphatic carbocycles. The van der Waals surface area contributed by atoms with Crippen LogP contribution >= 0.6 is 0 Å². The van der Waals surface area contributed by atoms with Crippen LogP contribution in [0.3, 0.4) is 0 Å². The minimum absolute atomic E-state index is 0.0570. The third-order valence-corrected chi connectivity index (χ3v) is 4.77.